The van der Waals surface area contributed by atoms with Crippen molar-refractivity contribution in [3.8, 4) is 0 Å². The van der Waals surface area contributed by atoms with Crippen LogP contribution in [-0.2, 0) is 26.2 Å². The molecule has 0 unspecified atom stereocenters. The maximum absolute atomic E-state index is 13.8. The van der Waals surface area contributed by atoms with Gasteiger partial charge in [0.15, 0.2) is 0 Å². The van der Waals surface area contributed by atoms with E-state index in [1.807, 2.05) is 20.8 Å². The van der Waals surface area contributed by atoms with Crippen molar-refractivity contribution in [3.63, 3.8) is 0 Å². The van der Waals surface area contributed by atoms with Gasteiger partial charge >= 0.3 is 0 Å². The lowest BCUT2D eigenvalue weighted by atomic mass is 10.1. The fraction of sp³-hybridized carbons (Fsp3) is 0.286. The highest BCUT2D eigenvalue weighted by Gasteiger charge is 2.34. The standard InChI is InChI=1S/C28H31ClFN3O4S/c1-20(27(35)31-28(2,3)4)32(18-21-14-16-22(30)17-15-21)26(34)19-33(25-13-9-8-12-24(25)29)38(36,37)23-10-6-5-7-11-23/h5-17,20H,18-19H2,1-4H3,(H,31,35)/t20-/m0/s1. The second-order valence-corrected chi connectivity index (χ2v) is 12.1. The van der Waals surface area contributed by atoms with E-state index in [1.165, 1.54) is 53.4 Å². The molecule has 1 N–H and O–H groups in total. The van der Waals surface area contributed by atoms with Crippen LogP contribution in [-0.4, -0.2) is 43.3 Å². The van der Waals surface area contributed by atoms with E-state index >= 15 is 0 Å². The number of nitrogens with zero attached hydrogens (tertiary/aromatic N) is 2. The summed E-state index contributed by atoms with van der Waals surface area (Å²) in [5, 5.41) is 3.00. The number of halogens is 2. The largest absolute Gasteiger partial charge is 0.350 e. The van der Waals surface area contributed by atoms with E-state index in [-0.39, 0.29) is 22.2 Å². The van der Waals surface area contributed by atoms with Crippen LogP contribution in [0.3, 0.4) is 0 Å². The first-order chi connectivity index (χ1) is 17.8. The fourth-order valence-corrected chi connectivity index (χ4v) is 5.47. The molecule has 3 aromatic rings. The van der Waals surface area contributed by atoms with Crippen molar-refractivity contribution in [2.24, 2.45) is 0 Å². The zero-order valence-corrected chi connectivity index (χ0v) is 23.3. The Kier molecular flexibility index (Phi) is 9.17. The number of sulfonamides is 1. The van der Waals surface area contributed by atoms with Crippen LogP contribution in [0.25, 0.3) is 0 Å². The van der Waals surface area contributed by atoms with Crippen molar-refractivity contribution in [1.29, 1.82) is 0 Å². The summed E-state index contributed by atoms with van der Waals surface area (Å²) in [7, 11) is -4.21. The molecule has 2 amide bonds. The van der Waals surface area contributed by atoms with Gasteiger partial charge in [0.25, 0.3) is 10.0 Å². The second kappa shape index (κ2) is 12.0. The Hall–Kier alpha value is -3.43. The Morgan fingerprint density at radius 2 is 1.53 bits per heavy atom. The molecule has 1 atom stereocenters. The number of carbonyl (C=O) groups excluding carboxylic acids is 2. The molecule has 0 saturated heterocycles. The molecule has 0 spiro atoms. The number of anilines is 1. The molecule has 0 bridgehead atoms. The molecular formula is C28H31ClFN3O4S. The van der Waals surface area contributed by atoms with Gasteiger partial charge in [0.1, 0.15) is 18.4 Å². The molecule has 0 heterocycles. The highest BCUT2D eigenvalue weighted by Crippen LogP contribution is 2.30. The number of para-hydroxylation sites is 1. The first-order valence-electron chi connectivity index (χ1n) is 12.0. The van der Waals surface area contributed by atoms with E-state index in [4.69, 9.17) is 11.6 Å². The van der Waals surface area contributed by atoms with Crippen LogP contribution in [0.15, 0.2) is 83.8 Å². The fourth-order valence-electron chi connectivity index (χ4n) is 3.73. The monoisotopic (exact) mass is 559 g/mol. The third kappa shape index (κ3) is 7.33. The van der Waals surface area contributed by atoms with Crippen molar-refractivity contribution in [2.75, 3.05) is 10.8 Å². The molecule has 7 nitrogen and oxygen atoms in total. The second-order valence-electron chi connectivity index (χ2n) is 9.84. The maximum atomic E-state index is 13.8. The van der Waals surface area contributed by atoms with Crippen molar-refractivity contribution in [1.82, 2.24) is 10.2 Å². The Bertz CT molecular complexity index is 1380. The zero-order valence-electron chi connectivity index (χ0n) is 21.7. The van der Waals surface area contributed by atoms with E-state index in [0.717, 1.165) is 4.31 Å². The van der Waals surface area contributed by atoms with Gasteiger partial charge in [0, 0.05) is 12.1 Å². The van der Waals surface area contributed by atoms with Gasteiger partial charge in [-0.15, -0.1) is 0 Å². The maximum Gasteiger partial charge on any atom is 0.264 e. The summed E-state index contributed by atoms with van der Waals surface area (Å²) in [6.07, 6.45) is 0. The molecule has 0 aliphatic rings. The average Bonchev–Trinajstić information content (AvgIpc) is 2.86. The summed E-state index contributed by atoms with van der Waals surface area (Å²) < 4.78 is 41.9. The van der Waals surface area contributed by atoms with Crippen molar-refractivity contribution >= 4 is 39.1 Å². The molecule has 0 radical (unpaired) electrons. The van der Waals surface area contributed by atoms with Gasteiger partial charge in [-0.05, 0) is 69.7 Å². The number of hydrogen-bond donors (Lipinski definition) is 1. The molecule has 0 saturated carbocycles. The van der Waals surface area contributed by atoms with Crippen molar-refractivity contribution < 1.29 is 22.4 Å². The molecule has 0 fully saturated rings. The van der Waals surface area contributed by atoms with E-state index < -0.39 is 45.8 Å². The average molecular weight is 560 g/mol. The summed E-state index contributed by atoms with van der Waals surface area (Å²) in [5.74, 6) is -1.49. The minimum Gasteiger partial charge on any atom is -0.350 e. The minimum atomic E-state index is -4.21. The topological polar surface area (TPSA) is 86.8 Å². The number of rotatable bonds is 9. The lowest BCUT2D eigenvalue weighted by molar-refractivity contribution is -0.140. The van der Waals surface area contributed by atoms with Crippen LogP contribution in [0.1, 0.15) is 33.3 Å². The highest BCUT2D eigenvalue weighted by molar-refractivity contribution is 7.92. The molecule has 3 aromatic carbocycles. The van der Waals surface area contributed by atoms with Crippen LogP contribution in [0.5, 0.6) is 0 Å². The van der Waals surface area contributed by atoms with Crippen molar-refractivity contribution in [2.45, 2.75) is 50.7 Å². The minimum absolute atomic E-state index is 0.0173. The van der Waals surface area contributed by atoms with E-state index in [9.17, 15) is 22.4 Å². The summed E-state index contributed by atoms with van der Waals surface area (Å²) in [4.78, 5) is 28.1. The van der Waals surface area contributed by atoms with Gasteiger partial charge in [-0.3, -0.25) is 13.9 Å². The predicted octanol–water partition coefficient (Wildman–Crippen LogP) is 5.01. The predicted molar refractivity (Wildman–Crippen MR) is 147 cm³/mol. The van der Waals surface area contributed by atoms with Crippen LogP contribution < -0.4 is 9.62 Å². The van der Waals surface area contributed by atoms with Gasteiger partial charge in [0.2, 0.25) is 11.8 Å². The SMILES string of the molecule is C[C@@H](C(=O)NC(C)(C)C)N(Cc1ccc(F)cc1)C(=O)CN(c1ccccc1Cl)S(=O)(=O)c1ccccc1. The quantitative estimate of drug-likeness (QED) is 0.399. The molecule has 3 rings (SSSR count). The third-order valence-corrected chi connectivity index (χ3v) is 7.76. The summed E-state index contributed by atoms with van der Waals surface area (Å²) >= 11 is 6.38. The zero-order chi connectivity index (χ0) is 28.1. The lowest BCUT2D eigenvalue weighted by Crippen LogP contribution is -2.54. The number of nitrogens with one attached hydrogen (secondary N) is 1. The van der Waals surface area contributed by atoms with Crippen LogP contribution >= 0.6 is 11.6 Å². The van der Waals surface area contributed by atoms with Crippen LogP contribution in [0.2, 0.25) is 5.02 Å². The first-order valence-corrected chi connectivity index (χ1v) is 13.8. The van der Waals surface area contributed by atoms with Gasteiger partial charge in [0.05, 0.1) is 15.6 Å². The van der Waals surface area contributed by atoms with Gasteiger partial charge in [-0.1, -0.05) is 54.1 Å². The molecule has 202 valence electrons. The number of amides is 2. The molecule has 0 aliphatic carbocycles. The summed E-state index contributed by atoms with van der Waals surface area (Å²) in [6.45, 7) is 6.35. The van der Waals surface area contributed by atoms with Gasteiger partial charge in [-0.25, -0.2) is 12.8 Å². The van der Waals surface area contributed by atoms with Gasteiger partial charge < -0.3 is 10.2 Å². The molecular weight excluding hydrogens is 529 g/mol. The first kappa shape index (κ1) is 29.1. The molecule has 0 aromatic heterocycles. The Balaban J connectivity index is 2.03. The van der Waals surface area contributed by atoms with E-state index in [0.29, 0.717) is 5.56 Å². The van der Waals surface area contributed by atoms with Crippen LogP contribution in [0, 0.1) is 5.82 Å². The summed E-state index contributed by atoms with van der Waals surface area (Å²) in [6, 6.07) is 18.6. The Morgan fingerprint density at radius 3 is 2.11 bits per heavy atom. The number of benzene rings is 3. The Morgan fingerprint density at radius 1 is 0.947 bits per heavy atom. The summed E-state index contributed by atoms with van der Waals surface area (Å²) in [5.41, 5.74) is 0.140. The van der Waals surface area contributed by atoms with Crippen molar-refractivity contribution in [3.05, 3.63) is 95.3 Å². The van der Waals surface area contributed by atoms with E-state index in [1.54, 1.807) is 37.3 Å². The molecule has 10 heteroatoms. The number of carbonyl (C=O) groups is 2. The van der Waals surface area contributed by atoms with E-state index in [2.05, 4.69) is 5.32 Å². The normalized spacial score (nSPS) is 12.5. The number of hydrogen-bond acceptors (Lipinski definition) is 4. The van der Waals surface area contributed by atoms with Gasteiger partial charge in [-0.2, -0.15) is 0 Å². The highest BCUT2D eigenvalue weighted by atomic mass is 35.5. The molecule has 0 aliphatic heterocycles. The smallest absolute Gasteiger partial charge is 0.264 e. The molecule has 38 heavy (non-hydrogen) atoms. The van der Waals surface area contributed by atoms with Crippen LogP contribution in [0.4, 0.5) is 10.1 Å². The lowest BCUT2D eigenvalue weighted by Gasteiger charge is -2.33. The third-order valence-electron chi connectivity index (χ3n) is 5.66. The Labute approximate surface area is 228 Å².